The minimum absolute atomic E-state index is 0.621. The number of aromatic nitrogens is 2. The first-order valence-electron chi connectivity index (χ1n) is 6.95. The number of halogens is 1. The van der Waals surface area contributed by atoms with Gasteiger partial charge in [-0.15, -0.1) is 10.2 Å². The standard InChI is InChI=1S/C17H15BrN2OS/c1-12-4-2-3-5-14(12)11-22-17-20-19-16(21-17)10-13-6-8-15(18)9-7-13/h2-9H,10-11H2,1H3. The molecule has 0 fully saturated rings. The zero-order valence-electron chi connectivity index (χ0n) is 12.1. The Hall–Kier alpha value is -1.59. The molecule has 3 rings (SSSR count). The second-order valence-corrected chi connectivity index (χ2v) is 6.82. The minimum atomic E-state index is 0.621. The van der Waals surface area contributed by atoms with Crippen molar-refractivity contribution in [1.82, 2.24) is 10.2 Å². The van der Waals surface area contributed by atoms with E-state index in [2.05, 4.69) is 63.4 Å². The van der Waals surface area contributed by atoms with Gasteiger partial charge in [0.15, 0.2) is 0 Å². The van der Waals surface area contributed by atoms with Crippen LogP contribution in [0.5, 0.6) is 0 Å². The molecule has 3 nitrogen and oxygen atoms in total. The smallest absolute Gasteiger partial charge is 0.276 e. The van der Waals surface area contributed by atoms with Crippen LogP contribution in [0.1, 0.15) is 22.6 Å². The van der Waals surface area contributed by atoms with Gasteiger partial charge in [0, 0.05) is 10.2 Å². The Labute approximate surface area is 142 Å². The summed E-state index contributed by atoms with van der Waals surface area (Å²) in [6.45, 7) is 2.11. The van der Waals surface area contributed by atoms with Gasteiger partial charge in [-0.25, -0.2) is 0 Å². The summed E-state index contributed by atoms with van der Waals surface area (Å²) >= 11 is 5.00. The van der Waals surface area contributed by atoms with Gasteiger partial charge in [-0.3, -0.25) is 0 Å². The van der Waals surface area contributed by atoms with E-state index in [-0.39, 0.29) is 0 Å². The average Bonchev–Trinajstić information content (AvgIpc) is 2.96. The summed E-state index contributed by atoms with van der Waals surface area (Å²) in [5.74, 6) is 1.49. The number of thioether (sulfide) groups is 1. The quantitative estimate of drug-likeness (QED) is 0.587. The van der Waals surface area contributed by atoms with Gasteiger partial charge >= 0.3 is 0 Å². The number of rotatable bonds is 5. The van der Waals surface area contributed by atoms with Crippen molar-refractivity contribution in [2.24, 2.45) is 0 Å². The van der Waals surface area contributed by atoms with E-state index in [1.165, 1.54) is 11.1 Å². The zero-order valence-corrected chi connectivity index (χ0v) is 14.5. The fraction of sp³-hybridized carbons (Fsp3) is 0.176. The van der Waals surface area contributed by atoms with E-state index < -0.39 is 0 Å². The Balaban J connectivity index is 1.61. The zero-order chi connectivity index (χ0) is 15.4. The Morgan fingerprint density at radius 3 is 2.59 bits per heavy atom. The monoisotopic (exact) mass is 374 g/mol. The van der Waals surface area contributed by atoms with Crippen molar-refractivity contribution in [3.63, 3.8) is 0 Å². The van der Waals surface area contributed by atoms with Crippen molar-refractivity contribution in [3.8, 4) is 0 Å². The summed E-state index contributed by atoms with van der Waals surface area (Å²) in [6.07, 6.45) is 0.658. The SMILES string of the molecule is Cc1ccccc1CSc1nnc(Cc2ccc(Br)cc2)o1. The second-order valence-electron chi connectivity index (χ2n) is 4.98. The summed E-state index contributed by atoms with van der Waals surface area (Å²) in [4.78, 5) is 0. The topological polar surface area (TPSA) is 38.9 Å². The molecule has 0 aliphatic rings. The molecular weight excluding hydrogens is 360 g/mol. The lowest BCUT2D eigenvalue weighted by Crippen LogP contribution is -1.87. The predicted molar refractivity (Wildman–Crippen MR) is 92.0 cm³/mol. The number of hydrogen-bond acceptors (Lipinski definition) is 4. The highest BCUT2D eigenvalue weighted by Gasteiger charge is 2.08. The highest BCUT2D eigenvalue weighted by molar-refractivity contribution is 9.10. The first kappa shape index (κ1) is 15.3. The molecule has 0 unspecified atom stereocenters. The van der Waals surface area contributed by atoms with Crippen molar-refractivity contribution in [3.05, 3.63) is 75.6 Å². The van der Waals surface area contributed by atoms with Crippen LogP contribution in [-0.2, 0) is 12.2 Å². The van der Waals surface area contributed by atoms with Gasteiger partial charge in [-0.2, -0.15) is 0 Å². The van der Waals surface area contributed by atoms with Gasteiger partial charge in [0.25, 0.3) is 5.22 Å². The Bertz CT molecular complexity index is 755. The fourth-order valence-electron chi connectivity index (χ4n) is 2.06. The molecule has 2 aromatic carbocycles. The molecule has 112 valence electrons. The summed E-state index contributed by atoms with van der Waals surface area (Å²) in [5, 5.41) is 8.85. The van der Waals surface area contributed by atoms with Crippen molar-refractivity contribution >= 4 is 27.7 Å². The molecule has 22 heavy (non-hydrogen) atoms. The number of nitrogens with zero attached hydrogens (tertiary/aromatic N) is 2. The molecular formula is C17H15BrN2OS. The van der Waals surface area contributed by atoms with E-state index in [4.69, 9.17) is 4.42 Å². The third kappa shape index (κ3) is 3.99. The van der Waals surface area contributed by atoms with Crippen molar-refractivity contribution in [1.29, 1.82) is 0 Å². The van der Waals surface area contributed by atoms with Crippen molar-refractivity contribution < 1.29 is 4.42 Å². The molecule has 0 saturated heterocycles. The molecule has 0 aliphatic carbocycles. The van der Waals surface area contributed by atoms with Crippen LogP contribution in [-0.4, -0.2) is 10.2 Å². The molecule has 0 N–H and O–H groups in total. The highest BCUT2D eigenvalue weighted by atomic mass is 79.9. The largest absolute Gasteiger partial charge is 0.416 e. The Morgan fingerprint density at radius 1 is 1.05 bits per heavy atom. The van der Waals surface area contributed by atoms with Crippen LogP contribution in [0.25, 0.3) is 0 Å². The molecule has 0 radical (unpaired) electrons. The third-order valence-corrected chi connectivity index (χ3v) is 4.73. The molecule has 1 aromatic heterocycles. The first-order valence-corrected chi connectivity index (χ1v) is 8.73. The van der Waals surface area contributed by atoms with Crippen LogP contribution in [0.2, 0.25) is 0 Å². The second kappa shape index (κ2) is 7.11. The molecule has 0 bridgehead atoms. The van der Waals surface area contributed by atoms with Gasteiger partial charge in [0.2, 0.25) is 5.89 Å². The molecule has 1 heterocycles. The highest BCUT2D eigenvalue weighted by Crippen LogP contribution is 2.24. The minimum Gasteiger partial charge on any atom is -0.416 e. The van der Waals surface area contributed by atoms with E-state index >= 15 is 0 Å². The van der Waals surface area contributed by atoms with E-state index in [0.717, 1.165) is 15.8 Å². The Morgan fingerprint density at radius 2 is 1.82 bits per heavy atom. The van der Waals surface area contributed by atoms with Crippen molar-refractivity contribution in [2.45, 2.75) is 24.3 Å². The Kier molecular flexibility index (Phi) is 4.95. The molecule has 5 heteroatoms. The molecule has 3 aromatic rings. The lowest BCUT2D eigenvalue weighted by molar-refractivity contribution is 0.420. The van der Waals surface area contributed by atoms with Gasteiger partial charge < -0.3 is 4.42 Å². The maximum atomic E-state index is 5.71. The van der Waals surface area contributed by atoms with Crippen LogP contribution < -0.4 is 0 Å². The normalized spacial score (nSPS) is 10.8. The van der Waals surface area contributed by atoms with E-state index in [9.17, 15) is 0 Å². The molecule has 0 saturated carbocycles. The molecule has 0 aliphatic heterocycles. The molecule has 0 atom stereocenters. The third-order valence-electron chi connectivity index (χ3n) is 3.33. The van der Waals surface area contributed by atoms with Crippen LogP contribution in [0.15, 0.2) is 62.6 Å². The number of benzene rings is 2. The maximum Gasteiger partial charge on any atom is 0.276 e. The number of aryl methyl sites for hydroxylation is 1. The molecule has 0 amide bonds. The van der Waals surface area contributed by atoms with Gasteiger partial charge in [0.05, 0.1) is 6.42 Å². The first-order chi connectivity index (χ1) is 10.7. The average molecular weight is 375 g/mol. The fourth-order valence-corrected chi connectivity index (χ4v) is 3.18. The van der Waals surface area contributed by atoms with Crippen LogP contribution in [0.3, 0.4) is 0 Å². The van der Waals surface area contributed by atoms with Crippen LogP contribution in [0, 0.1) is 6.92 Å². The van der Waals surface area contributed by atoms with Crippen molar-refractivity contribution in [2.75, 3.05) is 0 Å². The van der Waals surface area contributed by atoms with E-state index in [0.29, 0.717) is 17.5 Å². The van der Waals surface area contributed by atoms with Gasteiger partial charge in [0.1, 0.15) is 0 Å². The summed E-state index contributed by atoms with van der Waals surface area (Å²) in [5.41, 5.74) is 3.73. The van der Waals surface area contributed by atoms with E-state index in [1.807, 2.05) is 18.2 Å². The predicted octanol–water partition coefficient (Wildman–Crippen LogP) is 5.02. The van der Waals surface area contributed by atoms with Crippen LogP contribution in [0.4, 0.5) is 0 Å². The van der Waals surface area contributed by atoms with Gasteiger partial charge in [-0.05, 0) is 35.7 Å². The van der Waals surface area contributed by atoms with Crippen LogP contribution >= 0.6 is 27.7 Å². The molecule has 0 spiro atoms. The lowest BCUT2D eigenvalue weighted by atomic mass is 10.1. The summed E-state index contributed by atoms with van der Waals surface area (Å²) in [6, 6.07) is 16.5. The van der Waals surface area contributed by atoms with E-state index in [1.54, 1.807) is 11.8 Å². The summed E-state index contributed by atoms with van der Waals surface area (Å²) < 4.78 is 6.77. The summed E-state index contributed by atoms with van der Waals surface area (Å²) in [7, 11) is 0. The maximum absolute atomic E-state index is 5.71. The lowest BCUT2D eigenvalue weighted by Gasteiger charge is -2.02. The van der Waals surface area contributed by atoms with Gasteiger partial charge in [-0.1, -0.05) is 64.1 Å². The number of hydrogen-bond donors (Lipinski definition) is 0.